The Bertz CT molecular complexity index is 993. The van der Waals surface area contributed by atoms with Crippen LogP contribution in [0.2, 0.25) is 0 Å². The summed E-state index contributed by atoms with van der Waals surface area (Å²) < 4.78 is 30.4. The molecule has 138 valence electrons. The standard InChI is InChI=1S/C8H10F2N2O2.C6H7IN2O2/c1-8(9,10)5-4-11(2)7(14)12(3)6(5)13;1-8-3-4(7)5(10)9(2)6(8)11/h4H,1-3H3;3H,1-2H3. The lowest BCUT2D eigenvalue weighted by Crippen LogP contribution is -2.40. The first-order valence-corrected chi connectivity index (χ1v) is 7.94. The van der Waals surface area contributed by atoms with Gasteiger partial charge in [-0.3, -0.25) is 18.7 Å². The molecule has 0 atom stereocenters. The first kappa shape index (κ1) is 21.0. The minimum absolute atomic E-state index is 0.242. The van der Waals surface area contributed by atoms with Gasteiger partial charge in [-0.25, -0.2) is 18.4 Å². The van der Waals surface area contributed by atoms with E-state index >= 15 is 0 Å². The maximum absolute atomic E-state index is 12.9. The van der Waals surface area contributed by atoms with Crippen LogP contribution >= 0.6 is 22.6 Å². The Balaban J connectivity index is 0.000000257. The molecule has 0 aromatic carbocycles. The van der Waals surface area contributed by atoms with Crippen molar-refractivity contribution in [1.82, 2.24) is 18.3 Å². The molecule has 0 aliphatic heterocycles. The van der Waals surface area contributed by atoms with Gasteiger partial charge in [0.05, 0.1) is 3.57 Å². The molecule has 0 N–H and O–H groups in total. The molecule has 25 heavy (non-hydrogen) atoms. The van der Waals surface area contributed by atoms with Crippen LogP contribution in [0.3, 0.4) is 0 Å². The van der Waals surface area contributed by atoms with Crippen LogP contribution in [0.1, 0.15) is 12.5 Å². The summed E-state index contributed by atoms with van der Waals surface area (Å²) in [6.45, 7) is 0.619. The van der Waals surface area contributed by atoms with Crippen molar-refractivity contribution in [2.45, 2.75) is 12.8 Å². The fraction of sp³-hybridized carbons (Fsp3) is 0.429. The SMILES string of the molecule is Cn1cc(C(C)(F)F)c(=O)n(C)c1=O.Cn1cc(I)c(=O)n(C)c1=O. The maximum atomic E-state index is 12.9. The van der Waals surface area contributed by atoms with Gasteiger partial charge in [0.15, 0.2) is 0 Å². The van der Waals surface area contributed by atoms with Crippen molar-refractivity contribution >= 4 is 22.6 Å². The van der Waals surface area contributed by atoms with Crippen LogP contribution in [0.4, 0.5) is 8.78 Å². The lowest BCUT2D eigenvalue weighted by molar-refractivity contribution is 0.0146. The molecule has 0 unspecified atom stereocenters. The molecule has 2 heterocycles. The number of nitrogens with zero attached hydrogens (tertiary/aromatic N) is 4. The van der Waals surface area contributed by atoms with Gasteiger partial charge in [0.2, 0.25) is 0 Å². The third-order valence-electron chi connectivity index (χ3n) is 3.32. The van der Waals surface area contributed by atoms with Gasteiger partial charge >= 0.3 is 11.4 Å². The molecule has 0 aliphatic rings. The number of hydrogen-bond donors (Lipinski definition) is 0. The Labute approximate surface area is 154 Å². The summed E-state index contributed by atoms with van der Waals surface area (Å²) in [7, 11) is 5.56. The zero-order valence-electron chi connectivity index (χ0n) is 14.2. The van der Waals surface area contributed by atoms with Crippen LogP contribution in [0, 0.1) is 3.57 Å². The van der Waals surface area contributed by atoms with Crippen LogP contribution in [-0.4, -0.2) is 18.3 Å². The summed E-state index contributed by atoms with van der Waals surface area (Å²) in [6, 6.07) is 0. The Morgan fingerprint density at radius 1 is 0.840 bits per heavy atom. The average molecular weight is 470 g/mol. The first-order valence-electron chi connectivity index (χ1n) is 6.86. The van der Waals surface area contributed by atoms with E-state index < -0.39 is 22.7 Å². The van der Waals surface area contributed by atoms with Gasteiger partial charge in [0.1, 0.15) is 5.56 Å². The molecule has 0 saturated carbocycles. The van der Waals surface area contributed by atoms with E-state index in [2.05, 4.69) is 0 Å². The number of alkyl halides is 2. The first-order chi connectivity index (χ1) is 11.3. The molecular formula is C14H17F2IN4O4. The number of aryl methyl sites for hydroxylation is 2. The van der Waals surface area contributed by atoms with Gasteiger partial charge in [-0.2, -0.15) is 0 Å². The third-order valence-corrected chi connectivity index (χ3v) is 4.06. The van der Waals surface area contributed by atoms with Crippen molar-refractivity contribution in [2.24, 2.45) is 28.2 Å². The Kier molecular flexibility index (Phi) is 6.26. The molecule has 11 heteroatoms. The average Bonchev–Trinajstić information content (AvgIpc) is 2.52. The molecule has 0 fully saturated rings. The van der Waals surface area contributed by atoms with Crippen molar-refractivity contribution in [1.29, 1.82) is 0 Å². The maximum Gasteiger partial charge on any atom is 0.330 e. The lowest BCUT2D eigenvalue weighted by atomic mass is 10.2. The summed E-state index contributed by atoms with van der Waals surface area (Å²) in [5, 5.41) is 0. The molecule has 2 aromatic heterocycles. The number of aromatic nitrogens is 4. The zero-order valence-corrected chi connectivity index (χ0v) is 16.4. The normalized spacial score (nSPS) is 11.0. The van der Waals surface area contributed by atoms with E-state index in [4.69, 9.17) is 0 Å². The minimum atomic E-state index is -3.24. The summed E-state index contributed by atoms with van der Waals surface area (Å²) in [4.78, 5) is 44.6. The van der Waals surface area contributed by atoms with Gasteiger partial charge in [-0.05, 0) is 22.6 Å². The van der Waals surface area contributed by atoms with Crippen LogP contribution < -0.4 is 22.5 Å². The topological polar surface area (TPSA) is 88.0 Å². The fourth-order valence-electron chi connectivity index (χ4n) is 1.87. The van der Waals surface area contributed by atoms with Crippen LogP contribution in [0.5, 0.6) is 0 Å². The van der Waals surface area contributed by atoms with Gasteiger partial charge in [-0.15, -0.1) is 0 Å². The lowest BCUT2D eigenvalue weighted by Gasteiger charge is -2.11. The Morgan fingerprint density at radius 3 is 1.68 bits per heavy atom. The van der Waals surface area contributed by atoms with E-state index in [9.17, 15) is 28.0 Å². The predicted molar refractivity (Wildman–Crippen MR) is 96.1 cm³/mol. The summed E-state index contributed by atoms with van der Waals surface area (Å²) >= 11 is 1.90. The number of rotatable bonds is 1. The molecule has 0 spiro atoms. The van der Waals surface area contributed by atoms with E-state index in [0.29, 0.717) is 15.1 Å². The van der Waals surface area contributed by atoms with Crippen molar-refractivity contribution in [3.05, 3.63) is 63.2 Å². The van der Waals surface area contributed by atoms with Crippen LogP contribution in [0.25, 0.3) is 0 Å². The highest BCUT2D eigenvalue weighted by atomic mass is 127. The highest BCUT2D eigenvalue weighted by Crippen LogP contribution is 2.22. The monoisotopic (exact) mass is 470 g/mol. The summed E-state index contributed by atoms with van der Waals surface area (Å²) in [5.74, 6) is -3.24. The molecule has 2 aromatic rings. The van der Waals surface area contributed by atoms with E-state index in [1.54, 1.807) is 7.05 Å². The Hall–Kier alpha value is -2.05. The van der Waals surface area contributed by atoms with Crippen molar-refractivity contribution in [3.63, 3.8) is 0 Å². The Morgan fingerprint density at radius 2 is 1.24 bits per heavy atom. The number of hydrogen-bond acceptors (Lipinski definition) is 4. The third kappa shape index (κ3) is 4.52. The quantitative estimate of drug-likeness (QED) is 0.545. The van der Waals surface area contributed by atoms with E-state index in [1.165, 1.54) is 31.9 Å². The van der Waals surface area contributed by atoms with Gasteiger partial charge in [-0.1, -0.05) is 0 Å². The van der Waals surface area contributed by atoms with Gasteiger partial charge in [0.25, 0.3) is 17.0 Å². The molecule has 0 saturated heterocycles. The van der Waals surface area contributed by atoms with E-state index in [1.807, 2.05) is 22.6 Å². The smallest absolute Gasteiger partial charge is 0.303 e. The van der Waals surface area contributed by atoms with Crippen molar-refractivity contribution in [3.8, 4) is 0 Å². The molecular weight excluding hydrogens is 453 g/mol. The minimum Gasteiger partial charge on any atom is -0.303 e. The predicted octanol–water partition coefficient (Wildman–Crippen LogP) is -0.116. The van der Waals surface area contributed by atoms with E-state index in [0.717, 1.165) is 15.3 Å². The fourth-order valence-corrected chi connectivity index (χ4v) is 2.65. The summed E-state index contributed by atoms with van der Waals surface area (Å²) in [5.41, 5.74) is -2.80. The second kappa shape index (κ2) is 7.45. The highest BCUT2D eigenvalue weighted by molar-refractivity contribution is 14.1. The second-order valence-electron chi connectivity index (χ2n) is 5.42. The van der Waals surface area contributed by atoms with Gasteiger partial charge < -0.3 is 9.13 Å². The molecule has 0 radical (unpaired) electrons. The van der Waals surface area contributed by atoms with Crippen LogP contribution in [0.15, 0.2) is 31.6 Å². The molecule has 0 amide bonds. The summed E-state index contributed by atoms with van der Waals surface area (Å²) in [6.07, 6.45) is 2.38. The highest BCUT2D eigenvalue weighted by Gasteiger charge is 2.29. The van der Waals surface area contributed by atoms with Crippen molar-refractivity contribution < 1.29 is 8.78 Å². The number of halogens is 3. The van der Waals surface area contributed by atoms with Crippen molar-refractivity contribution in [2.75, 3.05) is 0 Å². The molecule has 0 bridgehead atoms. The van der Waals surface area contributed by atoms with Gasteiger partial charge in [0, 0.05) is 47.5 Å². The molecule has 2 rings (SSSR count). The zero-order chi connectivity index (χ0) is 19.7. The second-order valence-corrected chi connectivity index (χ2v) is 6.59. The van der Waals surface area contributed by atoms with E-state index in [-0.39, 0.29) is 11.2 Å². The molecule has 0 aliphatic carbocycles. The van der Waals surface area contributed by atoms with Crippen LogP contribution in [-0.2, 0) is 34.1 Å². The molecule has 8 nitrogen and oxygen atoms in total. The largest absolute Gasteiger partial charge is 0.330 e.